The Hall–Kier alpha value is -4.11. The van der Waals surface area contributed by atoms with Crippen molar-refractivity contribution in [1.82, 2.24) is 9.55 Å². The molecule has 0 radical (unpaired) electrons. The molecule has 2 fully saturated rings. The molecule has 0 amide bonds. The molecule has 1 aliphatic heterocycles. The van der Waals surface area contributed by atoms with Gasteiger partial charge in [-0.25, -0.2) is 14.2 Å². The molecular formula is C23H29FN6O8. The van der Waals surface area contributed by atoms with Crippen LogP contribution in [0.25, 0.3) is 11.0 Å². The van der Waals surface area contributed by atoms with Crippen molar-refractivity contribution < 1.29 is 38.9 Å². The normalized spacial score (nSPS) is 20.7. The number of carboxylic acids is 3. The van der Waals surface area contributed by atoms with Gasteiger partial charge in [0.25, 0.3) is 0 Å². The number of oxime groups is 1. The number of hydrogen-bond acceptors (Lipinski definition) is 10. The highest BCUT2D eigenvalue weighted by molar-refractivity contribution is 5.97. The number of nitrogens with zero attached hydrogens (tertiary/aromatic N) is 4. The van der Waals surface area contributed by atoms with Gasteiger partial charge in [0, 0.05) is 30.7 Å². The monoisotopic (exact) mass is 536 g/mol. The first-order valence-electron chi connectivity index (χ1n) is 11.6. The van der Waals surface area contributed by atoms with Gasteiger partial charge in [0.05, 0.1) is 24.1 Å². The van der Waals surface area contributed by atoms with Crippen molar-refractivity contribution in [2.75, 3.05) is 31.6 Å². The Bertz CT molecular complexity index is 1360. The van der Waals surface area contributed by atoms with Crippen molar-refractivity contribution in [2.45, 2.75) is 38.3 Å². The molecule has 0 unspecified atom stereocenters. The fourth-order valence-corrected chi connectivity index (χ4v) is 4.04. The smallest absolute Gasteiger partial charge is 0.341 e. The van der Waals surface area contributed by atoms with Gasteiger partial charge in [-0.2, -0.15) is 0 Å². The van der Waals surface area contributed by atoms with Crippen molar-refractivity contribution in [1.29, 1.82) is 0 Å². The Morgan fingerprint density at radius 3 is 2.45 bits per heavy atom. The lowest BCUT2D eigenvalue weighted by Crippen LogP contribution is -2.36. The van der Waals surface area contributed by atoms with E-state index in [1.54, 1.807) is 9.47 Å². The van der Waals surface area contributed by atoms with E-state index in [-0.39, 0.29) is 35.0 Å². The molecule has 2 aromatic rings. The molecule has 0 spiro atoms. The van der Waals surface area contributed by atoms with Gasteiger partial charge in [0.2, 0.25) is 5.43 Å². The van der Waals surface area contributed by atoms with Crippen LogP contribution in [0.3, 0.4) is 0 Å². The summed E-state index contributed by atoms with van der Waals surface area (Å²) in [5.74, 6) is -4.45. The van der Waals surface area contributed by atoms with Crippen molar-refractivity contribution in [3.63, 3.8) is 0 Å². The molecule has 2 atom stereocenters. The van der Waals surface area contributed by atoms with Crippen molar-refractivity contribution >= 4 is 40.5 Å². The van der Waals surface area contributed by atoms with Gasteiger partial charge in [-0.05, 0) is 18.9 Å². The maximum Gasteiger partial charge on any atom is 0.341 e. The minimum atomic E-state index is -1.34. The largest absolute Gasteiger partial charge is 0.481 e. The first kappa shape index (κ1) is 28.5. The maximum atomic E-state index is 15.0. The van der Waals surface area contributed by atoms with Crippen LogP contribution in [0.2, 0.25) is 0 Å². The molecule has 0 aromatic carbocycles. The highest BCUT2D eigenvalue weighted by atomic mass is 19.1. The summed E-state index contributed by atoms with van der Waals surface area (Å²) in [6.45, 7) is 2.90. The zero-order valence-corrected chi connectivity index (χ0v) is 20.8. The minimum Gasteiger partial charge on any atom is -0.481 e. The number of aromatic carboxylic acids is 1. The number of anilines is 1. The number of aromatic nitrogens is 2. The zero-order valence-electron chi connectivity index (χ0n) is 20.8. The molecule has 0 bridgehead atoms. The van der Waals surface area contributed by atoms with Gasteiger partial charge in [0.1, 0.15) is 24.4 Å². The summed E-state index contributed by atoms with van der Waals surface area (Å²) in [6, 6.07) is -0.153. The Labute approximate surface area is 215 Å². The van der Waals surface area contributed by atoms with Gasteiger partial charge in [-0.1, -0.05) is 12.1 Å². The Kier molecular flexibility index (Phi) is 8.31. The summed E-state index contributed by atoms with van der Waals surface area (Å²) in [5.41, 5.74) is 10.1. The Morgan fingerprint density at radius 2 is 1.97 bits per heavy atom. The van der Waals surface area contributed by atoms with E-state index in [9.17, 15) is 28.7 Å². The average molecular weight is 537 g/mol. The number of carbonyl (C=O) groups is 3. The molecule has 2 aliphatic rings. The molecule has 206 valence electrons. The zero-order chi connectivity index (χ0) is 28.4. The average Bonchev–Trinajstić information content (AvgIpc) is 3.63. The van der Waals surface area contributed by atoms with Crippen LogP contribution in [-0.2, 0) is 14.4 Å². The lowest BCUT2D eigenvalue weighted by molar-refractivity contribution is -0.144. The topological polar surface area (TPSA) is 224 Å². The summed E-state index contributed by atoms with van der Waals surface area (Å²) in [7, 11) is 1.44. The molecule has 15 heteroatoms. The second-order valence-electron chi connectivity index (χ2n) is 9.36. The fraction of sp³-hybridized carbons (Fsp3) is 0.478. The van der Waals surface area contributed by atoms with E-state index in [1.807, 2.05) is 6.92 Å². The first-order chi connectivity index (χ1) is 17.8. The lowest BCUT2D eigenvalue weighted by Gasteiger charge is -2.23. The fourth-order valence-electron chi connectivity index (χ4n) is 4.04. The molecule has 2 aromatic heterocycles. The second kappa shape index (κ2) is 11.1. The Balaban J connectivity index is 0.000000383. The molecule has 14 nitrogen and oxygen atoms in total. The van der Waals surface area contributed by atoms with E-state index >= 15 is 0 Å². The Morgan fingerprint density at radius 1 is 1.32 bits per heavy atom. The molecule has 1 saturated heterocycles. The van der Waals surface area contributed by atoms with E-state index in [0.29, 0.717) is 18.8 Å². The van der Waals surface area contributed by atoms with Gasteiger partial charge in [-0.15, -0.1) is 0 Å². The molecule has 4 rings (SSSR count). The van der Waals surface area contributed by atoms with Crippen LogP contribution in [-0.4, -0.2) is 81.3 Å². The van der Waals surface area contributed by atoms with Crippen molar-refractivity contribution in [3.8, 4) is 0 Å². The predicted molar refractivity (Wildman–Crippen MR) is 133 cm³/mol. The van der Waals surface area contributed by atoms with Crippen LogP contribution in [0.1, 0.15) is 42.6 Å². The highest BCUT2D eigenvalue weighted by Gasteiger charge is 2.41. The summed E-state index contributed by atoms with van der Waals surface area (Å²) in [5, 5.41) is 29.4. The van der Waals surface area contributed by atoms with Gasteiger partial charge in [0.15, 0.2) is 11.6 Å². The molecule has 1 saturated carbocycles. The molecule has 1 aliphatic carbocycles. The van der Waals surface area contributed by atoms with Gasteiger partial charge < -0.3 is 41.1 Å². The van der Waals surface area contributed by atoms with Gasteiger partial charge >= 0.3 is 17.9 Å². The summed E-state index contributed by atoms with van der Waals surface area (Å²) < 4.78 is 16.7. The standard InChI is InChI=1S/C19H22FN5O4.C4H7NO4/c1-19(8-21)9-24(7-14(19)23-29-2)17-13(20)5-11-15(26)12(18(27)28)6-25(10-3-4-10)16(11)22-17;5-2(4(8)9)1-3(6)7/h5-6,10H,3-4,7-9,21H2,1-2H3,(H,27,28);2H,1,5H2,(H,6,7)(H,8,9)/t19-;2-/m10/s1. The number of carboxylic acid groups (broad SMARTS) is 3. The van der Waals surface area contributed by atoms with Crippen molar-refractivity contribution in [2.24, 2.45) is 22.0 Å². The second-order valence-corrected chi connectivity index (χ2v) is 9.36. The number of halogens is 1. The maximum absolute atomic E-state index is 15.0. The van der Waals surface area contributed by atoms with E-state index < -0.39 is 47.0 Å². The molecule has 7 N–H and O–H groups in total. The summed E-state index contributed by atoms with van der Waals surface area (Å²) >= 11 is 0. The SMILES string of the molecule is CON=C1CN(c2nc3c(cc2F)c(=O)c(C(=O)O)cn3C2CC2)C[C@@]1(C)CN.N[C@@H](CC(=O)O)C(=O)O. The summed E-state index contributed by atoms with van der Waals surface area (Å²) in [4.78, 5) is 54.7. The van der Waals surface area contributed by atoms with Crippen LogP contribution < -0.4 is 21.8 Å². The third-order valence-corrected chi connectivity index (χ3v) is 6.35. The first-order valence-corrected chi connectivity index (χ1v) is 11.6. The predicted octanol–water partition coefficient (Wildman–Crippen LogP) is 0.229. The third-order valence-electron chi connectivity index (χ3n) is 6.35. The number of rotatable bonds is 8. The number of nitrogens with two attached hydrogens (primary N) is 2. The highest BCUT2D eigenvalue weighted by Crippen LogP contribution is 2.38. The van der Waals surface area contributed by atoms with Crippen LogP contribution in [0.5, 0.6) is 0 Å². The van der Waals surface area contributed by atoms with E-state index in [0.717, 1.165) is 18.9 Å². The molecular weight excluding hydrogens is 507 g/mol. The molecule has 38 heavy (non-hydrogen) atoms. The minimum absolute atomic E-state index is 0.0374. The van der Waals surface area contributed by atoms with Crippen LogP contribution in [0.4, 0.5) is 10.2 Å². The van der Waals surface area contributed by atoms with E-state index in [4.69, 9.17) is 26.5 Å². The van der Waals surface area contributed by atoms with E-state index in [1.165, 1.54) is 13.3 Å². The summed E-state index contributed by atoms with van der Waals surface area (Å²) in [6.07, 6.45) is 2.48. The number of fused-ring (bicyclic) bond motifs is 1. The van der Waals surface area contributed by atoms with Crippen molar-refractivity contribution in [3.05, 3.63) is 33.9 Å². The number of hydrogen-bond donors (Lipinski definition) is 5. The van der Waals surface area contributed by atoms with Crippen LogP contribution in [0.15, 0.2) is 22.2 Å². The van der Waals surface area contributed by atoms with E-state index in [2.05, 4.69) is 10.1 Å². The number of aliphatic carboxylic acids is 2. The third kappa shape index (κ3) is 5.89. The quantitative estimate of drug-likeness (QED) is 0.286. The van der Waals surface area contributed by atoms with Crippen LogP contribution in [0, 0.1) is 11.2 Å². The lowest BCUT2D eigenvalue weighted by atomic mass is 9.88. The van der Waals surface area contributed by atoms with Crippen LogP contribution >= 0.6 is 0 Å². The molecule has 3 heterocycles. The van der Waals surface area contributed by atoms with Gasteiger partial charge in [-0.3, -0.25) is 14.4 Å². The number of pyridine rings is 2.